The molecule has 2 aromatic carbocycles. The number of carbonyl (C=O) groups excluding carboxylic acids is 2. The average Bonchev–Trinajstić information content (AvgIpc) is 3.55. The second kappa shape index (κ2) is 10.1. The molecule has 2 atom stereocenters. The number of aromatic amines is 1. The lowest BCUT2D eigenvalue weighted by atomic mass is 9.84. The number of rotatable bonds is 5. The third kappa shape index (κ3) is 4.66. The molecule has 3 aromatic rings. The Kier molecular flexibility index (Phi) is 6.88. The number of imidazole rings is 1. The number of methoxy groups -OCH3 is 1. The molecule has 0 radical (unpaired) electrons. The van der Waals surface area contributed by atoms with E-state index in [0.29, 0.717) is 6.54 Å². The minimum atomic E-state index is -0.642. The molecule has 0 bridgehead atoms. The number of aromatic nitrogens is 2. The number of hydrogen-bond donors (Lipinski definition) is 2. The molecule has 2 amide bonds. The van der Waals surface area contributed by atoms with Crippen LogP contribution in [0.3, 0.4) is 0 Å². The lowest BCUT2D eigenvalue weighted by Gasteiger charge is -2.30. The van der Waals surface area contributed by atoms with Crippen LogP contribution >= 0.6 is 15.9 Å². The Hall–Kier alpha value is -3.13. The lowest BCUT2D eigenvalue weighted by molar-refractivity contribution is -0.135. The van der Waals surface area contributed by atoms with E-state index in [1.54, 1.807) is 0 Å². The van der Waals surface area contributed by atoms with Gasteiger partial charge in [0.25, 0.3) is 0 Å². The van der Waals surface area contributed by atoms with Crippen molar-refractivity contribution in [2.24, 2.45) is 5.92 Å². The number of likely N-dealkylation sites (tertiary alicyclic amines) is 1. The van der Waals surface area contributed by atoms with Crippen molar-refractivity contribution in [1.29, 1.82) is 0 Å². The van der Waals surface area contributed by atoms with Gasteiger partial charge in [-0.25, -0.2) is 9.78 Å². The number of amides is 2. The minimum absolute atomic E-state index is 0.0632. The second-order valence-corrected chi connectivity index (χ2v) is 10.8. The van der Waals surface area contributed by atoms with Crippen molar-refractivity contribution < 1.29 is 14.3 Å². The van der Waals surface area contributed by atoms with E-state index in [1.807, 2.05) is 24.9 Å². The summed E-state index contributed by atoms with van der Waals surface area (Å²) in [6.45, 7) is 4.48. The first-order valence-corrected chi connectivity index (χ1v) is 13.3. The maximum atomic E-state index is 13.4. The van der Waals surface area contributed by atoms with E-state index in [9.17, 15) is 9.59 Å². The Balaban J connectivity index is 1.37. The summed E-state index contributed by atoms with van der Waals surface area (Å²) in [5.74, 6) is 0.617. The molecule has 1 aromatic heterocycles. The smallest absolute Gasteiger partial charge is 0.407 e. The molecule has 1 fully saturated rings. The van der Waals surface area contributed by atoms with Crippen molar-refractivity contribution in [3.8, 4) is 22.4 Å². The Labute approximate surface area is 219 Å². The fourth-order valence-electron chi connectivity index (χ4n) is 5.38. The SMILES string of the molecule is COC(=O)NC(C(=O)N1CCCC1c1ncc(-c2ccc3c(c2)CCc2cc(Br)ccc2-3)[nH]1)C(C)C. The van der Waals surface area contributed by atoms with E-state index in [0.717, 1.165) is 47.2 Å². The van der Waals surface area contributed by atoms with Gasteiger partial charge in [0.1, 0.15) is 11.9 Å². The van der Waals surface area contributed by atoms with Crippen LogP contribution in [-0.4, -0.2) is 46.6 Å². The van der Waals surface area contributed by atoms with Gasteiger partial charge in [0, 0.05) is 11.0 Å². The number of fused-ring (bicyclic) bond motifs is 3. The van der Waals surface area contributed by atoms with Gasteiger partial charge < -0.3 is 19.9 Å². The summed E-state index contributed by atoms with van der Waals surface area (Å²) < 4.78 is 5.85. The van der Waals surface area contributed by atoms with E-state index in [1.165, 1.54) is 29.4 Å². The van der Waals surface area contributed by atoms with Crippen LogP contribution in [0, 0.1) is 5.92 Å². The van der Waals surface area contributed by atoms with Gasteiger partial charge in [-0.3, -0.25) is 4.79 Å². The van der Waals surface area contributed by atoms with Crippen molar-refractivity contribution in [3.05, 3.63) is 64.0 Å². The molecule has 1 saturated heterocycles. The summed E-state index contributed by atoms with van der Waals surface area (Å²) in [5, 5.41) is 2.70. The van der Waals surface area contributed by atoms with Crippen molar-refractivity contribution in [1.82, 2.24) is 20.2 Å². The van der Waals surface area contributed by atoms with Gasteiger partial charge in [-0.2, -0.15) is 0 Å². The van der Waals surface area contributed by atoms with Crippen LogP contribution in [0.25, 0.3) is 22.4 Å². The number of H-pyrrole nitrogens is 1. The Morgan fingerprint density at radius 1 is 1.14 bits per heavy atom. The summed E-state index contributed by atoms with van der Waals surface area (Å²) >= 11 is 3.58. The highest BCUT2D eigenvalue weighted by Gasteiger charge is 2.37. The first-order valence-electron chi connectivity index (χ1n) is 12.5. The van der Waals surface area contributed by atoms with Crippen LogP contribution in [0.1, 0.15) is 49.7 Å². The highest BCUT2D eigenvalue weighted by molar-refractivity contribution is 9.10. The van der Waals surface area contributed by atoms with Crippen LogP contribution in [-0.2, 0) is 22.4 Å². The molecule has 2 heterocycles. The lowest BCUT2D eigenvalue weighted by Crippen LogP contribution is -2.51. The Morgan fingerprint density at radius 2 is 1.86 bits per heavy atom. The maximum Gasteiger partial charge on any atom is 0.407 e. The molecular weight excluding hydrogens is 520 g/mol. The quantitative estimate of drug-likeness (QED) is 0.429. The third-order valence-electron chi connectivity index (χ3n) is 7.28. The number of benzene rings is 2. The molecule has 0 saturated carbocycles. The van der Waals surface area contributed by atoms with Crippen LogP contribution in [0.15, 0.2) is 47.1 Å². The van der Waals surface area contributed by atoms with Crippen molar-refractivity contribution >= 4 is 27.9 Å². The second-order valence-electron chi connectivity index (χ2n) is 9.90. The summed E-state index contributed by atoms with van der Waals surface area (Å²) in [7, 11) is 1.30. The topological polar surface area (TPSA) is 87.3 Å². The fraction of sp³-hybridized carbons (Fsp3) is 0.393. The summed E-state index contributed by atoms with van der Waals surface area (Å²) in [6.07, 6.45) is 5.01. The Morgan fingerprint density at radius 3 is 2.58 bits per heavy atom. The van der Waals surface area contributed by atoms with E-state index >= 15 is 0 Å². The highest BCUT2D eigenvalue weighted by atomic mass is 79.9. The number of nitrogens with zero attached hydrogens (tertiary/aromatic N) is 2. The van der Waals surface area contributed by atoms with Gasteiger partial charge in [-0.05, 0) is 77.6 Å². The molecule has 1 aliphatic heterocycles. The van der Waals surface area contributed by atoms with Crippen LogP contribution in [0.4, 0.5) is 4.79 Å². The number of aryl methyl sites for hydroxylation is 2. The first kappa shape index (κ1) is 24.6. The molecule has 2 N–H and O–H groups in total. The van der Waals surface area contributed by atoms with Crippen molar-refractivity contribution in [2.75, 3.05) is 13.7 Å². The number of ether oxygens (including phenoxy) is 1. The number of carbonyl (C=O) groups is 2. The van der Waals surface area contributed by atoms with Crippen molar-refractivity contribution in [3.63, 3.8) is 0 Å². The predicted octanol–water partition coefficient (Wildman–Crippen LogP) is 5.65. The van der Waals surface area contributed by atoms with Gasteiger partial charge >= 0.3 is 6.09 Å². The zero-order chi connectivity index (χ0) is 25.4. The van der Waals surface area contributed by atoms with Gasteiger partial charge in [0.2, 0.25) is 5.91 Å². The van der Waals surface area contributed by atoms with Gasteiger partial charge in [0.15, 0.2) is 0 Å². The summed E-state index contributed by atoms with van der Waals surface area (Å²) in [5.41, 5.74) is 7.35. The van der Waals surface area contributed by atoms with Gasteiger partial charge in [-0.1, -0.05) is 48.0 Å². The predicted molar refractivity (Wildman–Crippen MR) is 142 cm³/mol. The Bertz CT molecular complexity index is 1300. The third-order valence-corrected chi connectivity index (χ3v) is 7.77. The molecule has 7 nitrogen and oxygen atoms in total. The molecule has 2 unspecified atom stereocenters. The van der Waals surface area contributed by atoms with E-state index in [-0.39, 0.29) is 17.9 Å². The summed E-state index contributed by atoms with van der Waals surface area (Å²) in [6, 6.07) is 12.3. The highest BCUT2D eigenvalue weighted by Crippen LogP contribution is 2.38. The molecule has 2 aliphatic rings. The minimum Gasteiger partial charge on any atom is -0.453 e. The molecule has 5 rings (SSSR count). The molecule has 188 valence electrons. The monoisotopic (exact) mass is 550 g/mol. The van der Waals surface area contributed by atoms with Crippen molar-refractivity contribution in [2.45, 2.75) is 51.6 Å². The molecule has 0 spiro atoms. The zero-order valence-electron chi connectivity index (χ0n) is 20.8. The van der Waals surface area contributed by atoms with E-state index < -0.39 is 12.1 Å². The van der Waals surface area contributed by atoms with Crippen LogP contribution < -0.4 is 5.32 Å². The van der Waals surface area contributed by atoms with E-state index in [2.05, 4.69) is 67.6 Å². The van der Waals surface area contributed by atoms with Crippen LogP contribution in [0.5, 0.6) is 0 Å². The maximum absolute atomic E-state index is 13.4. The molecule has 1 aliphatic carbocycles. The molecular formula is C28H31BrN4O3. The summed E-state index contributed by atoms with van der Waals surface area (Å²) in [4.78, 5) is 35.2. The fourth-order valence-corrected chi connectivity index (χ4v) is 5.79. The molecule has 36 heavy (non-hydrogen) atoms. The molecule has 8 heteroatoms. The number of hydrogen-bond acceptors (Lipinski definition) is 4. The average molecular weight is 551 g/mol. The zero-order valence-corrected chi connectivity index (χ0v) is 22.4. The number of alkyl carbamates (subject to hydrolysis) is 1. The van der Waals surface area contributed by atoms with Gasteiger partial charge in [-0.15, -0.1) is 0 Å². The first-order chi connectivity index (χ1) is 17.4. The largest absolute Gasteiger partial charge is 0.453 e. The van der Waals surface area contributed by atoms with Gasteiger partial charge in [0.05, 0.1) is 25.0 Å². The number of nitrogens with one attached hydrogen (secondary N) is 2. The normalized spacial score (nSPS) is 17.5. The van der Waals surface area contributed by atoms with Crippen LogP contribution in [0.2, 0.25) is 0 Å². The standard InChI is InChI=1S/C28H31BrN4O3/c1-16(2)25(32-28(35)36-3)27(34)33-12-4-5-24(33)26-30-15-23(31-26)19-8-10-21-17(13-19)6-7-18-14-20(29)9-11-22(18)21/h8-11,13-16,24-25H,4-7,12H2,1-3H3,(H,30,31)(H,32,35). The number of halogens is 1. The van der Waals surface area contributed by atoms with E-state index in [4.69, 9.17) is 4.74 Å².